The minimum atomic E-state index is 0.520. The van der Waals surface area contributed by atoms with E-state index in [0.717, 1.165) is 111 Å². The van der Waals surface area contributed by atoms with Gasteiger partial charge in [-0.15, -0.1) is 0 Å². The van der Waals surface area contributed by atoms with Crippen LogP contribution in [0.4, 0.5) is 0 Å². The van der Waals surface area contributed by atoms with Crippen LogP contribution in [0.25, 0.3) is 146 Å². The lowest BCUT2D eigenvalue weighted by Gasteiger charge is -2.20. The quantitative estimate of drug-likeness (QED) is 0.125. The van der Waals surface area contributed by atoms with Crippen molar-refractivity contribution in [3.63, 3.8) is 0 Å². The zero-order chi connectivity index (χ0) is 60.8. The first-order valence-electron chi connectivity index (χ1n) is 29.3. The van der Waals surface area contributed by atoms with Crippen LogP contribution in [0, 0.1) is 62.3 Å². The molecule has 0 fully saturated rings. The molecule has 17 heteroatoms. The molecule has 428 valence electrons. The van der Waals surface area contributed by atoms with Crippen molar-refractivity contribution in [3.8, 4) is 102 Å². The van der Waals surface area contributed by atoms with Crippen LogP contribution < -0.4 is 0 Å². The molecule has 0 unspecified atom stereocenters. The van der Waals surface area contributed by atoms with E-state index in [4.69, 9.17) is 54.8 Å². The number of rotatable bonds is 10. The minimum Gasteiger partial charge on any atom is -0.309 e. The van der Waals surface area contributed by atoms with Crippen molar-refractivity contribution >= 4 is 43.6 Å². The summed E-state index contributed by atoms with van der Waals surface area (Å²) >= 11 is 0. The van der Waals surface area contributed by atoms with Gasteiger partial charge in [-0.2, -0.15) is 0 Å². The van der Waals surface area contributed by atoms with Gasteiger partial charge in [-0.05, 0) is 165 Å². The lowest BCUT2D eigenvalue weighted by atomic mass is 9.96. The van der Waals surface area contributed by atoms with Gasteiger partial charge in [-0.3, -0.25) is 0 Å². The van der Waals surface area contributed by atoms with Gasteiger partial charge in [-0.25, -0.2) is 74.8 Å². The summed E-state index contributed by atoms with van der Waals surface area (Å²) in [6.45, 7) is 17.3. The van der Waals surface area contributed by atoms with Crippen LogP contribution in [0.1, 0.15) is 52.2 Å². The number of benzene rings is 8. The van der Waals surface area contributed by atoms with Crippen molar-refractivity contribution in [1.82, 2.24) is 83.9 Å². The average molecular weight is 1160 g/mol. The standard InChI is InChI=1S/C72H55N17/c1-38-20-26-60(88-62-27-21-49(68-77-39(2)73-40(3)78-68)33-56(62)57-34-50(22-28-63(57)88)69-79-41(4)74-42(5)80-69)54(32-38)55-37-53(72-86-66(47-16-12-10-13-17-47)85-67(87-72)48-18-14-11-15-19-48)25-31-61(55)89-64-29-23-51(70-81-43(6)75-44(7)82-70)35-58(64)59-36-52(24-30-65(59)89)71-83-45(8)76-46(9)84-71/h10-37H,1-9H3. The molecular formula is C72H55N17. The Kier molecular flexibility index (Phi) is 13.0. The largest absolute Gasteiger partial charge is 0.309 e. The molecule has 17 nitrogen and oxygen atoms in total. The van der Waals surface area contributed by atoms with E-state index in [0.29, 0.717) is 87.4 Å². The Morgan fingerprint density at radius 1 is 0.213 bits per heavy atom. The van der Waals surface area contributed by atoms with Gasteiger partial charge in [0.1, 0.15) is 46.6 Å². The van der Waals surface area contributed by atoms with Crippen LogP contribution in [0.5, 0.6) is 0 Å². The molecule has 0 aliphatic rings. The summed E-state index contributed by atoms with van der Waals surface area (Å²) in [5, 5.41) is 3.95. The predicted octanol–water partition coefficient (Wildman–Crippen LogP) is 14.9. The summed E-state index contributed by atoms with van der Waals surface area (Å²) in [7, 11) is 0. The number of aryl methyl sites for hydroxylation is 9. The zero-order valence-corrected chi connectivity index (χ0v) is 50.3. The van der Waals surface area contributed by atoms with Crippen LogP contribution in [-0.4, -0.2) is 83.9 Å². The highest BCUT2D eigenvalue weighted by Crippen LogP contribution is 2.45. The van der Waals surface area contributed by atoms with E-state index < -0.39 is 0 Å². The Balaban J connectivity index is 1.03. The monoisotopic (exact) mass is 1160 g/mol. The molecule has 0 N–H and O–H groups in total. The van der Waals surface area contributed by atoms with E-state index in [1.54, 1.807) is 0 Å². The summed E-state index contributed by atoms with van der Waals surface area (Å²) in [6.07, 6.45) is 0. The molecule has 89 heavy (non-hydrogen) atoms. The molecular weight excluding hydrogens is 1100 g/mol. The Labute approximate surface area is 511 Å². The second kappa shape index (κ2) is 21.4. The highest BCUT2D eigenvalue weighted by Gasteiger charge is 2.25. The van der Waals surface area contributed by atoms with Crippen molar-refractivity contribution in [2.45, 2.75) is 62.3 Å². The number of hydrogen-bond donors (Lipinski definition) is 0. The van der Waals surface area contributed by atoms with Crippen LogP contribution in [0.15, 0.2) is 170 Å². The van der Waals surface area contributed by atoms with Crippen LogP contribution in [0.2, 0.25) is 0 Å². The molecule has 8 aromatic carbocycles. The second-order valence-corrected chi connectivity index (χ2v) is 22.4. The van der Waals surface area contributed by atoms with Crippen molar-refractivity contribution in [1.29, 1.82) is 0 Å². The summed E-state index contributed by atoms with van der Waals surface area (Å²) < 4.78 is 4.72. The summed E-state index contributed by atoms with van der Waals surface area (Å²) in [6, 6.07) is 59.2. The third-order valence-electron chi connectivity index (χ3n) is 15.9. The first-order chi connectivity index (χ1) is 43.2. The third kappa shape index (κ3) is 9.93. The number of nitrogens with zero attached hydrogens (tertiary/aromatic N) is 17. The fourth-order valence-corrected chi connectivity index (χ4v) is 12.2. The Hall–Kier alpha value is -11.6. The van der Waals surface area contributed by atoms with Gasteiger partial charge >= 0.3 is 0 Å². The van der Waals surface area contributed by atoms with Gasteiger partial charge in [0.15, 0.2) is 40.8 Å². The molecule has 0 bridgehead atoms. The maximum absolute atomic E-state index is 5.29. The Bertz CT molecular complexity index is 5030. The highest BCUT2D eigenvalue weighted by molar-refractivity contribution is 6.14. The van der Waals surface area contributed by atoms with Crippen molar-refractivity contribution in [3.05, 3.63) is 222 Å². The van der Waals surface area contributed by atoms with Crippen LogP contribution >= 0.6 is 0 Å². The van der Waals surface area contributed by atoms with Gasteiger partial charge in [0, 0.05) is 71.6 Å². The third-order valence-corrected chi connectivity index (χ3v) is 15.9. The lowest BCUT2D eigenvalue weighted by molar-refractivity contribution is 0.928. The van der Waals surface area contributed by atoms with E-state index in [9.17, 15) is 0 Å². The highest BCUT2D eigenvalue weighted by atomic mass is 15.1. The summed E-state index contributed by atoms with van der Waals surface area (Å²) in [5.41, 5.74) is 14.6. The Morgan fingerprint density at radius 2 is 0.472 bits per heavy atom. The van der Waals surface area contributed by atoms with E-state index in [1.807, 2.05) is 116 Å². The first-order valence-corrected chi connectivity index (χ1v) is 29.3. The molecule has 15 aromatic rings. The molecule has 0 aliphatic heterocycles. The van der Waals surface area contributed by atoms with Crippen LogP contribution in [0.3, 0.4) is 0 Å². The SMILES string of the molecule is Cc1ccc(-n2c3ccc(-c4nc(C)nc(C)n4)cc3c3cc(-c4nc(C)nc(C)n4)ccc32)c(-c2cc(-c3nc(-c4ccccc4)nc(-c4ccccc4)n3)ccc2-n2c3ccc(-c4nc(C)nc(C)n4)cc3c3cc(-c4nc(C)nc(C)n4)ccc32)c1. The maximum atomic E-state index is 5.29. The number of aromatic nitrogens is 17. The summed E-state index contributed by atoms with van der Waals surface area (Å²) in [4.78, 5) is 72.4. The average Bonchev–Trinajstić information content (AvgIpc) is 1.62. The topological polar surface area (TPSA) is 203 Å². The lowest BCUT2D eigenvalue weighted by Crippen LogP contribution is -2.04. The van der Waals surface area contributed by atoms with Gasteiger partial charge < -0.3 is 9.13 Å². The normalized spacial score (nSPS) is 11.7. The minimum absolute atomic E-state index is 0.520. The summed E-state index contributed by atoms with van der Waals surface area (Å²) in [5.74, 6) is 9.20. The van der Waals surface area contributed by atoms with Crippen LogP contribution in [-0.2, 0) is 0 Å². The van der Waals surface area contributed by atoms with Gasteiger partial charge in [0.05, 0.1) is 33.4 Å². The smallest absolute Gasteiger partial charge is 0.164 e. The molecule has 0 saturated carbocycles. The first kappa shape index (κ1) is 54.1. The van der Waals surface area contributed by atoms with E-state index in [-0.39, 0.29) is 0 Å². The van der Waals surface area contributed by atoms with Crippen molar-refractivity contribution in [2.24, 2.45) is 0 Å². The van der Waals surface area contributed by atoms with Gasteiger partial charge in [0.25, 0.3) is 0 Å². The second-order valence-electron chi connectivity index (χ2n) is 22.4. The molecule has 0 radical (unpaired) electrons. The molecule has 7 heterocycles. The fourth-order valence-electron chi connectivity index (χ4n) is 12.2. The molecule has 15 rings (SSSR count). The van der Waals surface area contributed by atoms with E-state index in [2.05, 4.69) is 145 Å². The molecule has 0 aliphatic carbocycles. The molecule has 0 amide bonds. The maximum Gasteiger partial charge on any atom is 0.164 e. The number of fused-ring (bicyclic) bond motifs is 6. The molecule has 7 aromatic heterocycles. The zero-order valence-electron chi connectivity index (χ0n) is 50.3. The Morgan fingerprint density at radius 3 is 0.798 bits per heavy atom. The number of hydrogen-bond acceptors (Lipinski definition) is 15. The van der Waals surface area contributed by atoms with Crippen molar-refractivity contribution in [2.75, 3.05) is 0 Å². The van der Waals surface area contributed by atoms with E-state index >= 15 is 0 Å². The van der Waals surface area contributed by atoms with Crippen molar-refractivity contribution < 1.29 is 0 Å². The van der Waals surface area contributed by atoms with Gasteiger partial charge in [-0.1, -0.05) is 72.3 Å². The fraction of sp³-hybridized carbons (Fsp3) is 0.125. The molecule has 0 spiro atoms. The molecule has 0 saturated heterocycles. The molecule has 0 atom stereocenters. The van der Waals surface area contributed by atoms with Gasteiger partial charge in [0.2, 0.25) is 0 Å². The van der Waals surface area contributed by atoms with E-state index in [1.165, 1.54) is 0 Å². The predicted molar refractivity (Wildman–Crippen MR) is 348 cm³/mol.